The van der Waals surface area contributed by atoms with E-state index in [1.165, 1.54) is 55.3 Å². The van der Waals surface area contributed by atoms with Crippen LogP contribution in [0.2, 0.25) is 0 Å². The van der Waals surface area contributed by atoms with Crippen molar-refractivity contribution in [3.63, 3.8) is 0 Å². The number of nitrogens with zero attached hydrogens (tertiary/aromatic N) is 1. The lowest BCUT2D eigenvalue weighted by molar-refractivity contribution is -0.0419. The van der Waals surface area contributed by atoms with E-state index in [2.05, 4.69) is 31.5 Å². The van der Waals surface area contributed by atoms with Gasteiger partial charge in [-0.1, -0.05) is 12.8 Å². The largest absolute Gasteiger partial charge is 0.370 e. The normalized spacial score (nSPS) is 26.3. The summed E-state index contributed by atoms with van der Waals surface area (Å²) in [5.41, 5.74) is 4.52. The van der Waals surface area contributed by atoms with Crippen LogP contribution in [0.4, 0.5) is 0 Å². The summed E-state index contributed by atoms with van der Waals surface area (Å²) >= 11 is 0. The molecule has 2 heteroatoms. The number of aromatic nitrogens is 1. The molecule has 1 saturated carbocycles. The third kappa shape index (κ3) is 2.01. The van der Waals surface area contributed by atoms with Gasteiger partial charge in [0.05, 0.1) is 11.7 Å². The van der Waals surface area contributed by atoms with Gasteiger partial charge >= 0.3 is 0 Å². The van der Waals surface area contributed by atoms with Crippen LogP contribution >= 0.6 is 0 Å². The SMILES string of the molecule is Cc1cn(CC2CCC3(CCCC3)O2)c(C)c1C. The molecule has 2 fully saturated rings. The molecule has 100 valence electrons. The zero-order chi connectivity index (χ0) is 12.8. The molecule has 18 heavy (non-hydrogen) atoms. The average Bonchev–Trinajstić information content (AvgIpc) is 3.02. The molecule has 1 spiro atoms. The van der Waals surface area contributed by atoms with Crippen molar-refractivity contribution in [3.05, 3.63) is 23.0 Å². The highest BCUT2D eigenvalue weighted by Crippen LogP contribution is 2.43. The number of hydrogen-bond donors (Lipinski definition) is 0. The number of ether oxygens (including phenoxy) is 1. The molecule has 0 radical (unpaired) electrons. The van der Waals surface area contributed by atoms with Crippen molar-refractivity contribution in [1.29, 1.82) is 0 Å². The van der Waals surface area contributed by atoms with Crippen LogP contribution in [0.5, 0.6) is 0 Å². The lowest BCUT2D eigenvalue weighted by Crippen LogP contribution is -2.26. The Bertz CT molecular complexity index is 440. The minimum Gasteiger partial charge on any atom is -0.370 e. The van der Waals surface area contributed by atoms with Crippen LogP contribution in [-0.2, 0) is 11.3 Å². The topological polar surface area (TPSA) is 14.2 Å². The molecule has 0 bridgehead atoms. The molecular weight excluding hydrogens is 222 g/mol. The Morgan fingerprint density at radius 2 is 1.94 bits per heavy atom. The van der Waals surface area contributed by atoms with Crippen LogP contribution in [0, 0.1) is 20.8 Å². The van der Waals surface area contributed by atoms with E-state index in [-0.39, 0.29) is 5.60 Å². The maximum atomic E-state index is 6.40. The van der Waals surface area contributed by atoms with Crippen LogP contribution in [0.15, 0.2) is 6.20 Å². The van der Waals surface area contributed by atoms with Crippen LogP contribution in [0.3, 0.4) is 0 Å². The van der Waals surface area contributed by atoms with E-state index in [1.54, 1.807) is 0 Å². The summed E-state index contributed by atoms with van der Waals surface area (Å²) in [4.78, 5) is 0. The molecule has 2 aliphatic rings. The average molecular weight is 247 g/mol. The predicted molar refractivity (Wildman–Crippen MR) is 73.9 cm³/mol. The highest BCUT2D eigenvalue weighted by atomic mass is 16.5. The Kier molecular flexibility index (Phi) is 3.01. The summed E-state index contributed by atoms with van der Waals surface area (Å²) in [5, 5.41) is 0. The van der Waals surface area contributed by atoms with Gasteiger partial charge in [-0.15, -0.1) is 0 Å². The second-order valence-electron chi connectivity index (χ2n) is 6.34. The quantitative estimate of drug-likeness (QED) is 0.773. The summed E-state index contributed by atoms with van der Waals surface area (Å²) in [6.45, 7) is 7.69. The van der Waals surface area contributed by atoms with Crippen molar-refractivity contribution in [3.8, 4) is 0 Å². The fourth-order valence-electron chi connectivity index (χ4n) is 3.75. The highest BCUT2D eigenvalue weighted by molar-refractivity contribution is 5.28. The first-order chi connectivity index (χ1) is 8.60. The van der Waals surface area contributed by atoms with E-state index in [1.807, 2.05) is 0 Å². The molecule has 1 aliphatic carbocycles. The van der Waals surface area contributed by atoms with Crippen molar-refractivity contribution in [1.82, 2.24) is 4.57 Å². The number of rotatable bonds is 2. The molecule has 1 atom stereocenters. The van der Waals surface area contributed by atoms with E-state index in [0.29, 0.717) is 6.10 Å². The van der Waals surface area contributed by atoms with Crippen molar-refractivity contribution in [2.24, 2.45) is 0 Å². The third-order valence-corrected chi connectivity index (χ3v) is 5.17. The first-order valence-electron chi connectivity index (χ1n) is 7.40. The van der Waals surface area contributed by atoms with Crippen molar-refractivity contribution >= 4 is 0 Å². The minimum atomic E-state index is 0.274. The van der Waals surface area contributed by atoms with E-state index in [9.17, 15) is 0 Å². The minimum absolute atomic E-state index is 0.274. The van der Waals surface area contributed by atoms with Crippen LogP contribution in [0.1, 0.15) is 55.3 Å². The highest BCUT2D eigenvalue weighted by Gasteiger charge is 2.42. The van der Waals surface area contributed by atoms with Crippen molar-refractivity contribution < 1.29 is 4.74 Å². The van der Waals surface area contributed by atoms with E-state index in [0.717, 1.165) is 6.54 Å². The van der Waals surface area contributed by atoms with Gasteiger partial charge in [0.15, 0.2) is 0 Å². The van der Waals surface area contributed by atoms with Gasteiger partial charge in [0.25, 0.3) is 0 Å². The molecular formula is C16H25NO. The van der Waals surface area contributed by atoms with Crippen LogP contribution in [-0.4, -0.2) is 16.3 Å². The predicted octanol–water partition coefficient (Wildman–Crippen LogP) is 3.91. The van der Waals surface area contributed by atoms with Gasteiger partial charge in [-0.3, -0.25) is 0 Å². The van der Waals surface area contributed by atoms with E-state index < -0.39 is 0 Å². The third-order valence-electron chi connectivity index (χ3n) is 5.17. The summed E-state index contributed by atoms with van der Waals surface area (Å²) in [7, 11) is 0. The molecule has 2 nitrogen and oxygen atoms in total. The lowest BCUT2D eigenvalue weighted by Gasteiger charge is -2.24. The van der Waals surface area contributed by atoms with Gasteiger partial charge in [-0.2, -0.15) is 0 Å². The van der Waals surface area contributed by atoms with Crippen molar-refractivity contribution in [2.45, 2.75) is 77.5 Å². The molecule has 0 N–H and O–H groups in total. The standard InChI is InChI=1S/C16H25NO/c1-12-10-17(14(3)13(12)2)11-15-6-9-16(18-15)7-4-5-8-16/h10,15H,4-9,11H2,1-3H3. The van der Waals surface area contributed by atoms with E-state index >= 15 is 0 Å². The second kappa shape index (κ2) is 4.41. The number of aryl methyl sites for hydroxylation is 1. The van der Waals surface area contributed by atoms with Gasteiger partial charge in [0, 0.05) is 18.4 Å². The summed E-state index contributed by atoms with van der Waals surface area (Å²) < 4.78 is 8.79. The summed E-state index contributed by atoms with van der Waals surface area (Å²) in [6.07, 6.45) is 10.6. The first-order valence-corrected chi connectivity index (χ1v) is 7.40. The Morgan fingerprint density at radius 1 is 1.22 bits per heavy atom. The Balaban J connectivity index is 1.69. The Morgan fingerprint density at radius 3 is 2.56 bits per heavy atom. The second-order valence-corrected chi connectivity index (χ2v) is 6.34. The first kappa shape index (κ1) is 12.3. The fourth-order valence-corrected chi connectivity index (χ4v) is 3.75. The molecule has 1 aromatic rings. The molecule has 0 amide bonds. The molecule has 1 unspecified atom stereocenters. The summed E-state index contributed by atoms with van der Waals surface area (Å²) in [5.74, 6) is 0. The number of hydrogen-bond acceptors (Lipinski definition) is 1. The van der Waals surface area contributed by atoms with Gasteiger partial charge in [-0.05, 0) is 57.6 Å². The molecule has 0 aromatic carbocycles. The van der Waals surface area contributed by atoms with Gasteiger partial charge in [-0.25, -0.2) is 0 Å². The van der Waals surface area contributed by atoms with Gasteiger partial charge < -0.3 is 9.30 Å². The van der Waals surface area contributed by atoms with Crippen molar-refractivity contribution in [2.75, 3.05) is 0 Å². The smallest absolute Gasteiger partial charge is 0.0762 e. The molecule has 3 rings (SSSR count). The maximum absolute atomic E-state index is 6.40. The van der Waals surface area contributed by atoms with Gasteiger partial charge in [0.1, 0.15) is 0 Å². The molecule has 1 aliphatic heterocycles. The maximum Gasteiger partial charge on any atom is 0.0762 e. The van der Waals surface area contributed by atoms with Gasteiger partial charge in [0.2, 0.25) is 0 Å². The molecule has 2 heterocycles. The zero-order valence-electron chi connectivity index (χ0n) is 12.0. The summed E-state index contributed by atoms with van der Waals surface area (Å²) in [6, 6.07) is 0. The van der Waals surface area contributed by atoms with Crippen LogP contribution in [0.25, 0.3) is 0 Å². The zero-order valence-corrected chi connectivity index (χ0v) is 12.0. The Labute approximate surface area is 110 Å². The molecule has 1 saturated heterocycles. The van der Waals surface area contributed by atoms with Crippen LogP contribution < -0.4 is 0 Å². The fraction of sp³-hybridized carbons (Fsp3) is 0.750. The monoisotopic (exact) mass is 247 g/mol. The Hall–Kier alpha value is -0.760. The lowest BCUT2D eigenvalue weighted by atomic mass is 9.98. The molecule has 1 aromatic heterocycles. The van der Waals surface area contributed by atoms with E-state index in [4.69, 9.17) is 4.74 Å².